The molecule has 0 spiro atoms. The maximum atomic E-state index is 14.1. The van der Waals surface area contributed by atoms with Gasteiger partial charge in [0.1, 0.15) is 11.6 Å². The number of hydrogen-bond donors (Lipinski definition) is 2. The summed E-state index contributed by atoms with van der Waals surface area (Å²) in [6.07, 6.45) is -4.52. The molecule has 0 saturated carbocycles. The molecule has 3 N–H and O–H groups in total. The van der Waals surface area contributed by atoms with Crippen molar-refractivity contribution < 1.29 is 22.7 Å². The lowest BCUT2D eigenvalue weighted by atomic mass is 10.0. The summed E-state index contributed by atoms with van der Waals surface area (Å²) in [7, 11) is 1.51. The molecule has 0 fully saturated rings. The van der Waals surface area contributed by atoms with Gasteiger partial charge in [-0.25, -0.2) is 4.39 Å². The average molecular weight is 350 g/mol. The number of anilines is 1. The second-order valence-electron chi connectivity index (χ2n) is 5.57. The highest BCUT2D eigenvalue weighted by Crippen LogP contribution is 2.45. The molecule has 0 radical (unpaired) electrons. The van der Waals surface area contributed by atoms with Crippen molar-refractivity contribution in [2.24, 2.45) is 7.05 Å². The summed E-state index contributed by atoms with van der Waals surface area (Å²) in [5.41, 5.74) is 5.46. The molecule has 0 aliphatic carbocycles. The van der Waals surface area contributed by atoms with Gasteiger partial charge in [0.15, 0.2) is 5.75 Å². The molecule has 0 aliphatic rings. The SMILES string of the molecule is Cn1c(N)c(-c2cccc(C(F)(F)F)c2)c(O)c1-c1ccccc1F. The number of alkyl halides is 3. The third-order valence-corrected chi connectivity index (χ3v) is 4.02. The maximum absolute atomic E-state index is 14.1. The lowest BCUT2D eigenvalue weighted by Gasteiger charge is -2.09. The van der Waals surface area contributed by atoms with Crippen LogP contribution in [0, 0.1) is 5.82 Å². The van der Waals surface area contributed by atoms with E-state index >= 15 is 0 Å². The molecule has 2 aromatic carbocycles. The number of rotatable bonds is 2. The summed E-state index contributed by atoms with van der Waals surface area (Å²) in [5, 5.41) is 10.6. The molecule has 0 atom stereocenters. The minimum Gasteiger partial charge on any atom is -0.505 e. The zero-order chi connectivity index (χ0) is 18.4. The van der Waals surface area contributed by atoms with Gasteiger partial charge < -0.3 is 15.4 Å². The van der Waals surface area contributed by atoms with Crippen LogP contribution in [0.4, 0.5) is 23.4 Å². The van der Waals surface area contributed by atoms with Gasteiger partial charge in [-0.05, 0) is 29.8 Å². The van der Waals surface area contributed by atoms with Crippen LogP contribution in [0.15, 0.2) is 48.5 Å². The Bertz CT molecular complexity index is 945. The highest BCUT2D eigenvalue weighted by Gasteiger charge is 2.31. The van der Waals surface area contributed by atoms with E-state index in [1.807, 2.05) is 0 Å². The van der Waals surface area contributed by atoms with Crippen molar-refractivity contribution in [3.8, 4) is 28.1 Å². The van der Waals surface area contributed by atoms with Crippen molar-refractivity contribution >= 4 is 5.82 Å². The van der Waals surface area contributed by atoms with Gasteiger partial charge in [0.25, 0.3) is 0 Å². The quantitative estimate of drug-likeness (QED) is 0.652. The molecule has 3 nitrogen and oxygen atoms in total. The van der Waals surface area contributed by atoms with E-state index in [0.717, 1.165) is 12.1 Å². The number of nitrogens with two attached hydrogens (primary N) is 1. The zero-order valence-electron chi connectivity index (χ0n) is 13.1. The minimum atomic E-state index is -4.52. The fourth-order valence-electron chi connectivity index (χ4n) is 2.78. The molecule has 7 heteroatoms. The number of halogens is 4. The molecule has 0 amide bonds. The monoisotopic (exact) mass is 350 g/mol. The Morgan fingerprint density at radius 3 is 2.36 bits per heavy atom. The first-order valence-corrected chi connectivity index (χ1v) is 7.31. The van der Waals surface area contributed by atoms with Crippen molar-refractivity contribution in [1.82, 2.24) is 4.57 Å². The van der Waals surface area contributed by atoms with Crippen LogP contribution in [0.25, 0.3) is 22.4 Å². The number of hydrogen-bond acceptors (Lipinski definition) is 2. The largest absolute Gasteiger partial charge is 0.505 e. The lowest BCUT2D eigenvalue weighted by molar-refractivity contribution is -0.137. The van der Waals surface area contributed by atoms with E-state index in [1.54, 1.807) is 6.07 Å². The van der Waals surface area contributed by atoms with Gasteiger partial charge in [0.05, 0.1) is 16.8 Å². The van der Waals surface area contributed by atoms with E-state index in [1.165, 1.54) is 41.9 Å². The highest BCUT2D eigenvalue weighted by atomic mass is 19.4. The molecule has 0 unspecified atom stereocenters. The van der Waals surface area contributed by atoms with Gasteiger partial charge >= 0.3 is 6.18 Å². The Labute approximate surface area is 140 Å². The Balaban J connectivity index is 2.24. The number of nitrogens with zero attached hydrogens (tertiary/aromatic N) is 1. The number of benzene rings is 2. The summed E-state index contributed by atoms with van der Waals surface area (Å²) in [5.74, 6) is -0.909. The molecule has 3 aromatic rings. The molecule has 25 heavy (non-hydrogen) atoms. The third-order valence-electron chi connectivity index (χ3n) is 4.02. The van der Waals surface area contributed by atoms with E-state index in [4.69, 9.17) is 5.73 Å². The second kappa shape index (κ2) is 5.84. The second-order valence-corrected chi connectivity index (χ2v) is 5.57. The fraction of sp³-hybridized carbons (Fsp3) is 0.111. The Kier molecular flexibility index (Phi) is 3.94. The van der Waals surface area contributed by atoms with E-state index in [0.29, 0.717) is 0 Å². The van der Waals surface area contributed by atoms with Crippen LogP contribution >= 0.6 is 0 Å². The van der Waals surface area contributed by atoms with Crippen molar-refractivity contribution in [1.29, 1.82) is 0 Å². The smallest absolute Gasteiger partial charge is 0.416 e. The predicted octanol–water partition coefficient (Wildman–Crippen LogP) is 4.80. The molecule has 1 aromatic heterocycles. The van der Waals surface area contributed by atoms with Crippen LogP contribution in [-0.2, 0) is 13.2 Å². The maximum Gasteiger partial charge on any atom is 0.416 e. The normalized spacial score (nSPS) is 11.7. The molecular weight excluding hydrogens is 336 g/mol. The van der Waals surface area contributed by atoms with Crippen LogP contribution in [0.1, 0.15) is 5.56 Å². The minimum absolute atomic E-state index is 0.0341. The van der Waals surface area contributed by atoms with Gasteiger partial charge in [-0.3, -0.25) is 0 Å². The molecule has 1 heterocycles. The first kappa shape index (κ1) is 16.9. The summed E-state index contributed by atoms with van der Waals surface area (Å²) in [6.45, 7) is 0. The van der Waals surface area contributed by atoms with Crippen molar-refractivity contribution in [3.63, 3.8) is 0 Å². The first-order valence-electron chi connectivity index (χ1n) is 7.31. The van der Waals surface area contributed by atoms with E-state index in [-0.39, 0.29) is 34.0 Å². The van der Waals surface area contributed by atoms with Crippen LogP contribution < -0.4 is 5.73 Å². The Hall–Kier alpha value is -2.96. The summed E-state index contributed by atoms with van der Waals surface area (Å²) >= 11 is 0. The van der Waals surface area contributed by atoms with Crippen LogP contribution in [0.2, 0.25) is 0 Å². The predicted molar refractivity (Wildman–Crippen MR) is 87.3 cm³/mol. The number of nitrogen functional groups attached to an aromatic ring is 1. The number of aromatic hydroxyl groups is 1. The molecule has 0 saturated heterocycles. The van der Waals surface area contributed by atoms with Crippen molar-refractivity contribution in [2.45, 2.75) is 6.18 Å². The Morgan fingerprint density at radius 1 is 1.04 bits per heavy atom. The Morgan fingerprint density at radius 2 is 1.72 bits per heavy atom. The van der Waals surface area contributed by atoms with Gasteiger partial charge in [0.2, 0.25) is 0 Å². The first-order chi connectivity index (χ1) is 11.7. The van der Waals surface area contributed by atoms with Crippen LogP contribution in [-0.4, -0.2) is 9.67 Å². The van der Waals surface area contributed by atoms with E-state index < -0.39 is 17.6 Å². The van der Waals surface area contributed by atoms with Gasteiger partial charge in [0, 0.05) is 12.6 Å². The lowest BCUT2D eigenvalue weighted by Crippen LogP contribution is -2.04. The topological polar surface area (TPSA) is 51.2 Å². The standard InChI is InChI=1S/C18H14F4N2O/c1-24-15(12-7-2-3-8-13(12)19)16(25)14(17(24)23)10-5-4-6-11(9-10)18(20,21)22/h2-9,25H,23H2,1H3. The molecule has 0 bridgehead atoms. The average Bonchev–Trinajstić information content (AvgIpc) is 2.77. The third kappa shape index (κ3) is 2.82. The van der Waals surface area contributed by atoms with Gasteiger partial charge in [-0.2, -0.15) is 13.2 Å². The van der Waals surface area contributed by atoms with Crippen molar-refractivity contribution in [2.75, 3.05) is 5.73 Å². The molecule has 3 rings (SSSR count). The zero-order valence-corrected chi connectivity index (χ0v) is 13.1. The van der Waals surface area contributed by atoms with Gasteiger partial charge in [-0.15, -0.1) is 0 Å². The highest BCUT2D eigenvalue weighted by molar-refractivity contribution is 5.89. The number of aromatic nitrogens is 1. The van der Waals surface area contributed by atoms with E-state index in [9.17, 15) is 22.7 Å². The molecular formula is C18H14F4N2O. The summed E-state index contributed by atoms with van der Waals surface area (Å²) in [6, 6.07) is 10.2. The summed E-state index contributed by atoms with van der Waals surface area (Å²) < 4.78 is 54.3. The van der Waals surface area contributed by atoms with E-state index in [2.05, 4.69) is 0 Å². The fourth-order valence-corrected chi connectivity index (χ4v) is 2.78. The van der Waals surface area contributed by atoms with Crippen molar-refractivity contribution in [3.05, 3.63) is 59.9 Å². The summed E-state index contributed by atoms with van der Waals surface area (Å²) in [4.78, 5) is 0. The van der Waals surface area contributed by atoms with Gasteiger partial charge in [-0.1, -0.05) is 24.3 Å². The van der Waals surface area contributed by atoms with Crippen LogP contribution in [0.3, 0.4) is 0 Å². The molecule has 130 valence electrons. The van der Waals surface area contributed by atoms with Crippen LogP contribution in [0.5, 0.6) is 5.75 Å². The molecule has 0 aliphatic heterocycles.